The van der Waals surface area contributed by atoms with E-state index in [-0.39, 0.29) is 34.9 Å². The molecule has 182 valence electrons. The van der Waals surface area contributed by atoms with Crippen molar-refractivity contribution in [2.75, 3.05) is 25.2 Å². The van der Waals surface area contributed by atoms with Gasteiger partial charge in [-0.2, -0.15) is 0 Å². The molecule has 0 bridgehead atoms. The number of hydrogen-bond donors (Lipinski definition) is 2. The maximum Gasteiger partial charge on any atom is 0.341 e. The van der Waals surface area contributed by atoms with E-state index in [0.29, 0.717) is 10.0 Å². The zero-order chi connectivity index (χ0) is 25.7. The third-order valence-corrected chi connectivity index (χ3v) is 5.22. The zero-order valence-electron chi connectivity index (χ0n) is 18.5. The lowest BCUT2D eigenvalue weighted by atomic mass is 10.1. The van der Waals surface area contributed by atoms with Crippen LogP contribution < -0.4 is 19.7 Å². The quantitative estimate of drug-likeness (QED) is 0.289. The van der Waals surface area contributed by atoms with Crippen LogP contribution in [0.4, 0.5) is 10.5 Å². The first-order chi connectivity index (χ1) is 16.7. The molecule has 35 heavy (non-hydrogen) atoms. The lowest BCUT2D eigenvalue weighted by Gasteiger charge is -2.26. The number of amides is 4. The number of rotatable bonds is 8. The molecule has 0 aliphatic carbocycles. The number of methoxy groups -OCH3 is 1. The maximum atomic E-state index is 13.1. The lowest BCUT2D eigenvalue weighted by molar-refractivity contribution is -0.139. The number of carbonyl (C=O) groups is 5. The van der Waals surface area contributed by atoms with Gasteiger partial charge in [-0.3, -0.25) is 14.9 Å². The van der Waals surface area contributed by atoms with Crippen molar-refractivity contribution < 1.29 is 43.3 Å². The molecule has 0 saturated carbocycles. The van der Waals surface area contributed by atoms with Crippen molar-refractivity contribution in [2.24, 2.45) is 0 Å². The molecule has 1 saturated heterocycles. The second kappa shape index (κ2) is 10.8. The van der Waals surface area contributed by atoms with E-state index in [1.54, 1.807) is 6.92 Å². The van der Waals surface area contributed by atoms with Crippen LogP contribution in [0.2, 0.25) is 0 Å². The summed E-state index contributed by atoms with van der Waals surface area (Å²) in [6, 6.07) is 7.51. The number of barbiturate groups is 1. The number of anilines is 1. The maximum absolute atomic E-state index is 13.1. The Labute approximate surface area is 207 Å². The number of esters is 1. The van der Waals surface area contributed by atoms with Gasteiger partial charge in [0.05, 0.1) is 29.4 Å². The molecule has 2 aromatic carbocycles. The number of aliphatic carboxylic acids is 1. The number of ether oxygens (including phenoxy) is 3. The molecular formula is C23H19BrN2O9. The molecule has 3 rings (SSSR count). The molecule has 2 aromatic rings. The van der Waals surface area contributed by atoms with Gasteiger partial charge in [0, 0.05) is 0 Å². The van der Waals surface area contributed by atoms with Gasteiger partial charge >= 0.3 is 18.0 Å². The van der Waals surface area contributed by atoms with Crippen LogP contribution in [0.15, 0.2) is 46.4 Å². The van der Waals surface area contributed by atoms with Gasteiger partial charge in [0.25, 0.3) is 11.8 Å². The minimum atomic E-state index is -1.18. The molecule has 0 unspecified atom stereocenters. The third kappa shape index (κ3) is 5.66. The molecule has 11 nitrogen and oxygen atoms in total. The van der Waals surface area contributed by atoms with Crippen LogP contribution >= 0.6 is 15.9 Å². The highest BCUT2D eigenvalue weighted by atomic mass is 79.9. The summed E-state index contributed by atoms with van der Waals surface area (Å²) in [4.78, 5) is 61.3. The van der Waals surface area contributed by atoms with Crippen LogP contribution in [0.3, 0.4) is 0 Å². The Balaban J connectivity index is 1.98. The van der Waals surface area contributed by atoms with Crippen molar-refractivity contribution in [3.05, 3.63) is 57.6 Å². The highest BCUT2D eigenvalue weighted by Crippen LogP contribution is 2.38. The molecule has 4 amide bonds. The molecule has 12 heteroatoms. The molecule has 0 atom stereocenters. The van der Waals surface area contributed by atoms with Crippen molar-refractivity contribution in [1.29, 1.82) is 0 Å². The molecule has 1 fully saturated rings. The van der Waals surface area contributed by atoms with Gasteiger partial charge < -0.3 is 19.3 Å². The number of urea groups is 1. The summed E-state index contributed by atoms with van der Waals surface area (Å²) in [7, 11) is 1.22. The monoisotopic (exact) mass is 546 g/mol. The Morgan fingerprint density at radius 2 is 1.80 bits per heavy atom. The number of benzene rings is 2. The first-order valence-electron chi connectivity index (χ1n) is 10.1. The Hall–Kier alpha value is -4.19. The van der Waals surface area contributed by atoms with Crippen LogP contribution in [0.5, 0.6) is 11.5 Å². The smallest absolute Gasteiger partial charge is 0.341 e. The Morgan fingerprint density at radius 3 is 2.40 bits per heavy atom. The zero-order valence-corrected chi connectivity index (χ0v) is 20.1. The van der Waals surface area contributed by atoms with Gasteiger partial charge in [-0.15, -0.1) is 0 Å². The Kier molecular flexibility index (Phi) is 7.87. The number of hydrogen-bond acceptors (Lipinski definition) is 8. The van der Waals surface area contributed by atoms with E-state index >= 15 is 0 Å². The molecule has 0 spiro atoms. The number of halogens is 1. The van der Waals surface area contributed by atoms with Gasteiger partial charge in [-0.25, -0.2) is 19.3 Å². The minimum absolute atomic E-state index is 0.132. The summed E-state index contributed by atoms with van der Waals surface area (Å²) in [5, 5.41) is 11.0. The number of carbonyl (C=O) groups excluding carboxylic acids is 4. The lowest BCUT2D eigenvalue weighted by Crippen LogP contribution is -2.54. The van der Waals surface area contributed by atoms with Crippen LogP contribution in [0, 0.1) is 0 Å². The second-order valence-corrected chi connectivity index (χ2v) is 7.80. The number of nitrogens with zero attached hydrogens (tertiary/aromatic N) is 1. The number of imide groups is 2. The highest BCUT2D eigenvalue weighted by Gasteiger charge is 2.37. The van der Waals surface area contributed by atoms with Crippen molar-refractivity contribution in [3.63, 3.8) is 0 Å². The normalized spacial score (nSPS) is 14.5. The van der Waals surface area contributed by atoms with E-state index < -0.39 is 36.4 Å². The minimum Gasteiger partial charge on any atom is -0.490 e. The second-order valence-electron chi connectivity index (χ2n) is 6.94. The van der Waals surface area contributed by atoms with Crippen LogP contribution in [0.1, 0.15) is 22.8 Å². The predicted molar refractivity (Wildman–Crippen MR) is 125 cm³/mol. The van der Waals surface area contributed by atoms with Crippen LogP contribution in [0.25, 0.3) is 6.08 Å². The van der Waals surface area contributed by atoms with Crippen molar-refractivity contribution >= 4 is 57.5 Å². The van der Waals surface area contributed by atoms with E-state index in [2.05, 4.69) is 26.0 Å². The van der Waals surface area contributed by atoms with Crippen molar-refractivity contribution in [2.45, 2.75) is 6.92 Å². The molecule has 0 radical (unpaired) electrons. The highest BCUT2D eigenvalue weighted by molar-refractivity contribution is 9.10. The Morgan fingerprint density at radius 1 is 1.11 bits per heavy atom. The molecule has 1 heterocycles. The molecule has 0 aromatic heterocycles. The Bertz CT molecular complexity index is 1240. The van der Waals surface area contributed by atoms with Crippen LogP contribution in [-0.2, 0) is 19.1 Å². The summed E-state index contributed by atoms with van der Waals surface area (Å²) < 4.78 is 15.7. The first-order valence-corrected chi connectivity index (χ1v) is 10.9. The summed E-state index contributed by atoms with van der Waals surface area (Å²) in [5.41, 5.74) is 0.352. The van der Waals surface area contributed by atoms with Gasteiger partial charge in [0.1, 0.15) is 5.57 Å². The van der Waals surface area contributed by atoms with Crippen molar-refractivity contribution in [1.82, 2.24) is 5.32 Å². The number of carboxylic acids is 1. The molecular weight excluding hydrogens is 528 g/mol. The SMILES string of the molecule is CCOc1cc(/C=C2\C(=O)NC(=O)N(c3ccc(C(=O)OC)cc3)C2=O)cc(Br)c1OCC(=O)O. The van der Waals surface area contributed by atoms with Gasteiger partial charge in [-0.1, -0.05) is 0 Å². The largest absolute Gasteiger partial charge is 0.490 e. The van der Waals surface area contributed by atoms with Gasteiger partial charge in [0.2, 0.25) is 0 Å². The molecule has 1 aliphatic heterocycles. The van der Waals surface area contributed by atoms with Gasteiger partial charge in [0.15, 0.2) is 18.1 Å². The van der Waals surface area contributed by atoms with E-state index in [0.717, 1.165) is 4.90 Å². The van der Waals surface area contributed by atoms with E-state index in [1.807, 2.05) is 0 Å². The first kappa shape index (κ1) is 25.4. The summed E-state index contributed by atoms with van der Waals surface area (Å²) >= 11 is 3.28. The molecule has 1 aliphatic rings. The fourth-order valence-corrected chi connectivity index (χ4v) is 3.71. The average Bonchev–Trinajstić information content (AvgIpc) is 2.81. The summed E-state index contributed by atoms with van der Waals surface area (Å²) in [6.45, 7) is 1.35. The van der Waals surface area contributed by atoms with Gasteiger partial charge in [-0.05, 0) is 70.9 Å². The topological polar surface area (TPSA) is 149 Å². The fourth-order valence-electron chi connectivity index (χ4n) is 3.13. The third-order valence-electron chi connectivity index (χ3n) is 4.63. The van der Waals surface area contributed by atoms with E-state index in [4.69, 9.17) is 14.6 Å². The van der Waals surface area contributed by atoms with E-state index in [1.165, 1.54) is 49.6 Å². The number of nitrogens with one attached hydrogen (secondary N) is 1. The molecule has 2 N–H and O–H groups in total. The fraction of sp³-hybridized carbons (Fsp3) is 0.174. The van der Waals surface area contributed by atoms with E-state index in [9.17, 15) is 24.0 Å². The predicted octanol–water partition coefficient (Wildman–Crippen LogP) is 2.76. The average molecular weight is 547 g/mol. The summed E-state index contributed by atoms with van der Waals surface area (Å²) in [6.07, 6.45) is 1.26. The standard InChI is InChI=1S/C23H19BrN2O9/c1-3-34-17-10-12(9-16(24)19(17)35-11-18(27)28)8-15-20(29)25-23(32)26(21(15)30)14-6-4-13(5-7-14)22(31)33-2/h4-10H,3,11H2,1-2H3,(H,27,28)(H,25,29,32)/b15-8+. The summed E-state index contributed by atoms with van der Waals surface area (Å²) in [5.74, 6) is -3.23. The van der Waals surface area contributed by atoms with Crippen LogP contribution in [-0.4, -0.2) is 55.2 Å². The number of carboxylic acid groups (broad SMARTS) is 1. The van der Waals surface area contributed by atoms with Crippen molar-refractivity contribution in [3.8, 4) is 11.5 Å².